The fourth-order valence-corrected chi connectivity index (χ4v) is 0.775. The summed E-state index contributed by atoms with van der Waals surface area (Å²) in [5.74, 6) is 2.65. The van der Waals surface area contributed by atoms with Gasteiger partial charge in [0.25, 0.3) is 0 Å². The van der Waals surface area contributed by atoms with Gasteiger partial charge >= 0.3 is 5.69 Å². The molecule has 0 unspecified atom stereocenters. The van der Waals surface area contributed by atoms with Crippen LogP contribution in [0.1, 0.15) is 5.56 Å². The Morgan fingerprint density at radius 3 is 2.36 bits per heavy atom. The highest BCUT2D eigenvalue weighted by atomic mass is 35.5. The van der Waals surface area contributed by atoms with E-state index in [9.17, 15) is 0 Å². The molecule has 0 heterocycles. The molecule has 52 valence electrons. The summed E-state index contributed by atoms with van der Waals surface area (Å²) in [6.07, 6.45) is 0. The van der Waals surface area contributed by atoms with E-state index >= 15 is 0 Å². The second-order valence-corrected chi connectivity index (χ2v) is 2.06. The van der Waals surface area contributed by atoms with Gasteiger partial charge in [0, 0.05) is 23.1 Å². The molecule has 0 bridgehead atoms. The molecule has 0 aliphatic heterocycles. The molecule has 0 radical (unpaired) electrons. The van der Waals surface area contributed by atoms with E-state index in [-0.39, 0.29) is 0 Å². The zero-order valence-corrected chi connectivity index (χ0v) is 6.34. The van der Waals surface area contributed by atoms with Crippen molar-refractivity contribution < 1.29 is 0 Å². The molecule has 1 rings (SSSR count). The Morgan fingerprint density at radius 1 is 1.27 bits per heavy atom. The highest BCUT2D eigenvalue weighted by Gasteiger charge is 2.00. The average Bonchev–Trinajstić information content (AvgIpc) is 2.07. The van der Waals surface area contributed by atoms with Crippen LogP contribution in [0.15, 0.2) is 24.3 Å². The lowest BCUT2D eigenvalue weighted by Crippen LogP contribution is -1.69. The first-order chi connectivity index (χ1) is 5.36. The molecule has 0 atom stereocenters. The van der Waals surface area contributed by atoms with Crippen LogP contribution in [0.25, 0.3) is 4.98 Å². The van der Waals surface area contributed by atoms with Crippen molar-refractivity contribution in [1.29, 1.82) is 5.39 Å². The van der Waals surface area contributed by atoms with Crippen LogP contribution in [0.4, 0.5) is 5.69 Å². The molecule has 0 aliphatic carbocycles. The van der Waals surface area contributed by atoms with E-state index in [2.05, 4.69) is 16.3 Å². The van der Waals surface area contributed by atoms with Crippen LogP contribution in [-0.2, 0) is 0 Å². The normalized spacial score (nSPS) is 7.64. The molecule has 0 amide bonds. The minimum Gasteiger partial charge on any atom is -0.0496 e. The van der Waals surface area contributed by atoms with E-state index in [1.54, 1.807) is 24.3 Å². The molecule has 0 aliphatic rings. The molecule has 0 N–H and O–H groups in total. The summed E-state index contributed by atoms with van der Waals surface area (Å²) >= 11 is 5.18. The highest BCUT2D eigenvalue weighted by Crippen LogP contribution is 2.11. The predicted molar refractivity (Wildman–Crippen MR) is 43.9 cm³/mol. The molecular weight excluding hydrogens is 160 g/mol. The summed E-state index contributed by atoms with van der Waals surface area (Å²) in [6, 6.07) is 6.75. The zero-order chi connectivity index (χ0) is 8.10. The molecule has 3 heteroatoms. The molecule has 2 nitrogen and oxygen atoms in total. The Morgan fingerprint density at radius 2 is 1.91 bits per heavy atom. The summed E-state index contributed by atoms with van der Waals surface area (Å²) in [5, 5.41) is 10.6. The number of hydrogen-bond acceptors (Lipinski definition) is 1. The van der Waals surface area contributed by atoms with Gasteiger partial charge in [-0.3, -0.25) is 0 Å². The predicted octanol–water partition coefficient (Wildman–Crippen LogP) is 2.72. The van der Waals surface area contributed by atoms with Gasteiger partial charge in [-0.15, -0.1) is 0 Å². The lowest BCUT2D eigenvalue weighted by atomic mass is 10.2. The smallest absolute Gasteiger partial charge is 0.0496 e. The van der Waals surface area contributed by atoms with Crippen LogP contribution >= 0.6 is 11.6 Å². The number of diazo groups is 1. The topological polar surface area (TPSA) is 28.1 Å². The Bertz CT molecular complexity index is 337. The van der Waals surface area contributed by atoms with Crippen LogP contribution in [0.2, 0.25) is 0 Å². The number of halogens is 1. The number of rotatable bonds is 0. The molecule has 0 saturated carbocycles. The SMILES string of the molecule is N#[N+]c1ccc(C#CCl)cc1. The Balaban J connectivity index is 3.00. The van der Waals surface area contributed by atoms with Crippen molar-refractivity contribution in [3.05, 3.63) is 34.8 Å². The van der Waals surface area contributed by atoms with Gasteiger partial charge in [-0.2, -0.15) is 0 Å². The zero-order valence-electron chi connectivity index (χ0n) is 5.58. The van der Waals surface area contributed by atoms with Crippen LogP contribution in [0.3, 0.4) is 0 Å². The van der Waals surface area contributed by atoms with Crippen molar-refractivity contribution >= 4 is 17.3 Å². The van der Waals surface area contributed by atoms with E-state index in [1.807, 2.05) is 0 Å². The first kappa shape index (κ1) is 7.60. The summed E-state index contributed by atoms with van der Waals surface area (Å²) < 4.78 is 0. The maximum Gasteiger partial charge on any atom is 0.385 e. The van der Waals surface area contributed by atoms with E-state index in [0.717, 1.165) is 5.56 Å². The van der Waals surface area contributed by atoms with Crippen molar-refractivity contribution in [3.8, 4) is 11.3 Å². The van der Waals surface area contributed by atoms with Crippen LogP contribution in [-0.4, -0.2) is 0 Å². The fourth-order valence-electron chi connectivity index (χ4n) is 0.666. The average molecular weight is 164 g/mol. The minimum absolute atomic E-state index is 0.505. The Kier molecular flexibility index (Phi) is 2.49. The van der Waals surface area contributed by atoms with Gasteiger partial charge in [-0.1, -0.05) is 0 Å². The van der Waals surface area contributed by atoms with Crippen molar-refractivity contribution in [2.45, 2.75) is 0 Å². The van der Waals surface area contributed by atoms with Crippen molar-refractivity contribution in [3.63, 3.8) is 0 Å². The van der Waals surface area contributed by atoms with E-state index in [4.69, 9.17) is 17.0 Å². The van der Waals surface area contributed by atoms with Crippen LogP contribution in [0, 0.1) is 16.7 Å². The van der Waals surface area contributed by atoms with Crippen LogP contribution < -0.4 is 0 Å². The molecule has 1 aromatic carbocycles. The van der Waals surface area contributed by atoms with Gasteiger partial charge in [0.1, 0.15) is 0 Å². The third-order valence-electron chi connectivity index (χ3n) is 1.17. The van der Waals surface area contributed by atoms with E-state index in [1.165, 1.54) is 0 Å². The number of nitrogens with zero attached hydrogens (tertiary/aromatic N) is 2. The maximum atomic E-state index is 8.32. The lowest BCUT2D eigenvalue weighted by Gasteiger charge is -1.81. The summed E-state index contributed by atoms with van der Waals surface area (Å²) in [4.78, 5) is 2.99. The summed E-state index contributed by atoms with van der Waals surface area (Å²) in [7, 11) is 0. The summed E-state index contributed by atoms with van der Waals surface area (Å²) in [6.45, 7) is 0. The molecule has 11 heavy (non-hydrogen) atoms. The first-order valence-electron chi connectivity index (χ1n) is 2.93. The second-order valence-electron chi connectivity index (χ2n) is 1.87. The van der Waals surface area contributed by atoms with E-state index in [0.29, 0.717) is 5.69 Å². The molecule has 0 spiro atoms. The number of hydrogen-bond donors (Lipinski definition) is 0. The van der Waals surface area contributed by atoms with Gasteiger partial charge in [-0.05, 0) is 29.7 Å². The molecule has 0 saturated heterocycles. The van der Waals surface area contributed by atoms with E-state index < -0.39 is 0 Å². The molecule has 1 aromatic rings. The first-order valence-corrected chi connectivity index (χ1v) is 3.31. The van der Waals surface area contributed by atoms with Gasteiger partial charge < -0.3 is 0 Å². The standard InChI is InChI=1S/C8H4ClN2/c9-6-5-7-1-3-8(11-10)4-2-7/h1-4H/q+1. The monoisotopic (exact) mass is 163 g/mol. The summed E-state index contributed by atoms with van der Waals surface area (Å²) in [5.41, 5.74) is 1.30. The van der Waals surface area contributed by atoms with Crippen molar-refractivity contribution in [2.75, 3.05) is 0 Å². The molecular formula is C8H4ClN2+. The van der Waals surface area contributed by atoms with Gasteiger partial charge in [0.2, 0.25) is 5.39 Å². The van der Waals surface area contributed by atoms with Crippen LogP contribution in [0.5, 0.6) is 0 Å². The third-order valence-corrected chi connectivity index (χ3v) is 1.27. The quantitative estimate of drug-likeness (QED) is 0.427. The molecule has 0 aromatic heterocycles. The Labute approximate surface area is 69.4 Å². The largest absolute Gasteiger partial charge is 0.385 e. The fraction of sp³-hybridized carbons (Fsp3) is 0. The van der Waals surface area contributed by atoms with Gasteiger partial charge in [0.05, 0.1) is 0 Å². The maximum absolute atomic E-state index is 8.32. The Hall–Kier alpha value is -1.51. The number of benzene rings is 1. The third kappa shape index (κ3) is 1.97. The highest BCUT2D eigenvalue weighted by molar-refractivity contribution is 6.30. The van der Waals surface area contributed by atoms with Gasteiger partial charge in [0.15, 0.2) is 4.98 Å². The lowest BCUT2D eigenvalue weighted by molar-refractivity contribution is 1.46. The van der Waals surface area contributed by atoms with Crippen molar-refractivity contribution in [1.82, 2.24) is 0 Å². The molecule has 0 fully saturated rings. The second kappa shape index (κ2) is 3.61. The minimum atomic E-state index is 0.505. The van der Waals surface area contributed by atoms with Crippen molar-refractivity contribution in [2.24, 2.45) is 0 Å². The van der Waals surface area contributed by atoms with Gasteiger partial charge in [-0.25, -0.2) is 0 Å².